The first kappa shape index (κ1) is 23.7. The molecule has 0 bridgehead atoms. The number of aryl methyl sites for hydroxylation is 2. The van der Waals surface area contributed by atoms with E-state index in [4.69, 9.17) is 4.52 Å². The van der Waals surface area contributed by atoms with Crippen molar-refractivity contribution in [3.05, 3.63) is 11.5 Å². The highest BCUT2D eigenvalue weighted by Gasteiger charge is 2.38. The Morgan fingerprint density at radius 3 is 2.47 bits per heavy atom. The van der Waals surface area contributed by atoms with Crippen molar-refractivity contribution in [2.75, 3.05) is 45.8 Å². The van der Waals surface area contributed by atoms with Crippen LogP contribution in [0.4, 0.5) is 0 Å². The first-order valence-corrected chi connectivity index (χ1v) is 13.7. The van der Waals surface area contributed by atoms with E-state index < -0.39 is 10.0 Å². The van der Waals surface area contributed by atoms with E-state index in [1.54, 1.807) is 13.8 Å². The van der Waals surface area contributed by atoms with Crippen LogP contribution in [0.2, 0.25) is 0 Å². The molecule has 1 aromatic rings. The summed E-state index contributed by atoms with van der Waals surface area (Å²) >= 11 is 0. The van der Waals surface area contributed by atoms with Crippen LogP contribution in [-0.4, -0.2) is 79.4 Å². The second-order valence-corrected chi connectivity index (χ2v) is 11.7. The van der Waals surface area contributed by atoms with Gasteiger partial charge >= 0.3 is 0 Å². The highest BCUT2D eigenvalue weighted by molar-refractivity contribution is 7.89. The van der Waals surface area contributed by atoms with Crippen molar-refractivity contribution in [1.82, 2.24) is 19.3 Å². The Labute approximate surface area is 192 Å². The maximum atomic E-state index is 13.4. The summed E-state index contributed by atoms with van der Waals surface area (Å²) in [4.78, 5) is 18.0. The molecule has 3 fully saturated rings. The first-order valence-electron chi connectivity index (χ1n) is 12.3. The van der Waals surface area contributed by atoms with Gasteiger partial charge in [-0.3, -0.25) is 4.79 Å². The average molecular weight is 467 g/mol. The smallest absolute Gasteiger partial charge is 0.248 e. The third-order valence-corrected chi connectivity index (χ3v) is 9.55. The zero-order valence-electron chi connectivity index (χ0n) is 19.6. The lowest BCUT2D eigenvalue weighted by Crippen LogP contribution is -2.47. The van der Waals surface area contributed by atoms with Crippen molar-refractivity contribution in [3.63, 3.8) is 0 Å². The number of piperidine rings is 1. The molecule has 0 spiro atoms. The van der Waals surface area contributed by atoms with Crippen LogP contribution in [0.5, 0.6) is 0 Å². The molecule has 180 valence electrons. The standard InChI is InChI=1S/C23H38N4O4S/c1-18-22(19(2)31-24-18)32(29,30)27-13-6-10-21(17-27)23(28)26-12-7-11-25(14-15-26)16-20-8-4-3-5-9-20/h20-21H,3-17H2,1-2H3. The molecule has 0 radical (unpaired) electrons. The number of hydrogen-bond acceptors (Lipinski definition) is 6. The molecule has 0 aromatic carbocycles. The van der Waals surface area contributed by atoms with Crippen LogP contribution in [0, 0.1) is 25.7 Å². The van der Waals surface area contributed by atoms with Crippen LogP contribution >= 0.6 is 0 Å². The summed E-state index contributed by atoms with van der Waals surface area (Å²) in [5.41, 5.74) is 0.376. The van der Waals surface area contributed by atoms with Crippen LogP contribution in [0.25, 0.3) is 0 Å². The first-order chi connectivity index (χ1) is 15.4. The third kappa shape index (κ3) is 5.20. The van der Waals surface area contributed by atoms with E-state index in [1.165, 1.54) is 36.4 Å². The highest BCUT2D eigenvalue weighted by atomic mass is 32.2. The minimum absolute atomic E-state index is 0.114. The molecule has 1 unspecified atom stereocenters. The number of hydrogen-bond donors (Lipinski definition) is 0. The largest absolute Gasteiger partial charge is 0.360 e. The van der Waals surface area contributed by atoms with Crippen LogP contribution < -0.4 is 0 Å². The number of carbonyl (C=O) groups is 1. The molecule has 1 aromatic heterocycles. The van der Waals surface area contributed by atoms with Gasteiger partial charge in [0.25, 0.3) is 0 Å². The van der Waals surface area contributed by atoms with Gasteiger partial charge in [0.05, 0.1) is 5.92 Å². The van der Waals surface area contributed by atoms with E-state index in [-0.39, 0.29) is 23.3 Å². The maximum absolute atomic E-state index is 13.4. The number of amides is 1. The molecular formula is C23H38N4O4S. The lowest BCUT2D eigenvalue weighted by molar-refractivity contribution is -0.136. The highest BCUT2D eigenvalue weighted by Crippen LogP contribution is 2.29. The van der Waals surface area contributed by atoms with Gasteiger partial charge < -0.3 is 14.3 Å². The molecule has 2 saturated heterocycles. The quantitative estimate of drug-likeness (QED) is 0.663. The lowest BCUT2D eigenvalue weighted by Gasteiger charge is -2.34. The minimum atomic E-state index is -3.71. The predicted molar refractivity (Wildman–Crippen MR) is 122 cm³/mol. The van der Waals surface area contributed by atoms with E-state index in [2.05, 4.69) is 10.1 Å². The Kier molecular flexibility index (Phi) is 7.57. The number of sulfonamides is 1. The third-order valence-electron chi connectivity index (χ3n) is 7.44. The molecule has 1 atom stereocenters. The Hall–Kier alpha value is -1.45. The van der Waals surface area contributed by atoms with Gasteiger partial charge in [0, 0.05) is 39.3 Å². The molecular weight excluding hydrogens is 428 g/mol. The average Bonchev–Trinajstić information content (AvgIpc) is 2.98. The second-order valence-electron chi connectivity index (χ2n) is 9.84. The number of rotatable bonds is 5. The Bertz CT molecular complexity index is 874. The van der Waals surface area contributed by atoms with Gasteiger partial charge in [0.2, 0.25) is 15.9 Å². The van der Waals surface area contributed by atoms with E-state index in [1.807, 2.05) is 4.90 Å². The normalized spacial score (nSPS) is 25.1. The topological polar surface area (TPSA) is 87.0 Å². The molecule has 4 rings (SSSR count). The summed E-state index contributed by atoms with van der Waals surface area (Å²) in [5.74, 6) is 0.959. The zero-order chi connectivity index (χ0) is 22.7. The van der Waals surface area contributed by atoms with Crippen molar-refractivity contribution in [2.24, 2.45) is 11.8 Å². The molecule has 9 heteroatoms. The van der Waals surface area contributed by atoms with Crippen LogP contribution in [-0.2, 0) is 14.8 Å². The van der Waals surface area contributed by atoms with Gasteiger partial charge in [0.1, 0.15) is 10.6 Å². The van der Waals surface area contributed by atoms with Crippen LogP contribution in [0.1, 0.15) is 62.8 Å². The van der Waals surface area contributed by atoms with Gasteiger partial charge in [-0.15, -0.1) is 0 Å². The molecule has 1 amide bonds. The molecule has 3 aliphatic rings. The summed E-state index contributed by atoms with van der Waals surface area (Å²) in [6.07, 6.45) is 9.22. The molecule has 32 heavy (non-hydrogen) atoms. The van der Waals surface area contributed by atoms with E-state index >= 15 is 0 Å². The fourth-order valence-corrected chi connectivity index (χ4v) is 7.52. The van der Waals surface area contributed by atoms with Crippen LogP contribution in [0.3, 0.4) is 0 Å². The van der Waals surface area contributed by atoms with E-state index in [0.29, 0.717) is 24.4 Å². The molecule has 0 N–H and O–H groups in total. The van der Waals surface area contributed by atoms with Gasteiger partial charge in [0.15, 0.2) is 5.76 Å². The molecule has 3 heterocycles. The summed E-state index contributed by atoms with van der Waals surface area (Å²) in [7, 11) is -3.71. The maximum Gasteiger partial charge on any atom is 0.248 e. The van der Waals surface area contributed by atoms with Crippen molar-refractivity contribution in [3.8, 4) is 0 Å². The van der Waals surface area contributed by atoms with Gasteiger partial charge in [-0.2, -0.15) is 4.31 Å². The van der Waals surface area contributed by atoms with E-state index in [0.717, 1.165) is 51.5 Å². The number of nitrogens with zero attached hydrogens (tertiary/aromatic N) is 4. The summed E-state index contributed by atoms with van der Waals surface area (Å²) in [6.45, 7) is 8.61. The fourth-order valence-electron chi connectivity index (χ4n) is 5.70. The monoisotopic (exact) mass is 466 g/mol. The zero-order valence-corrected chi connectivity index (χ0v) is 20.4. The van der Waals surface area contributed by atoms with Gasteiger partial charge in [-0.25, -0.2) is 8.42 Å². The second kappa shape index (κ2) is 10.2. The summed E-state index contributed by atoms with van der Waals surface area (Å²) in [6, 6.07) is 0. The van der Waals surface area contributed by atoms with Crippen LogP contribution in [0.15, 0.2) is 9.42 Å². The molecule has 2 aliphatic heterocycles. The van der Waals surface area contributed by atoms with Gasteiger partial charge in [-0.1, -0.05) is 24.4 Å². The lowest BCUT2D eigenvalue weighted by atomic mass is 9.89. The molecule has 8 nitrogen and oxygen atoms in total. The predicted octanol–water partition coefficient (Wildman–Crippen LogP) is 2.81. The molecule has 1 saturated carbocycles. The Morgan fingerprint density at radius 2 is 1.75 bits per heavy atom. The number of carbonyl (C=O) groups excluding carboxylic acids is 1. The van der Waals surface area contributed by atoms with Crippen molar-refractivity contribution in [2.45, 2.75) is 70.1 Å². The van der Waals surface area contributed by atoms with Gasteiger partial charge in [-0.05, 0) is 58.4 Å². The fraction of sp³-hybridized carbons (Fsp3) is 0.826. The molecule has 1 aliphatic carbocycles. The van der Waals surface area contributed by atoms with E-state index in [9.17, 15) is 13.2 Å². The summed E-state index contributed by atoms with van der Waals surface area (Å²) < 4.78 is 33.0. The van der Waals surface area contributed by atoms with Crippen molar-refractivity contribution in [1.29, 1.82) is 0 Å². The SMILES string of the molecule is Cc1noc(C)c1S(=O)(=O)N1CCCC(C(=O)N2CCCN(CC3CCCCC3)CC2)C1. The number of aromatic nitrogens is 1. The Morgan fingerprint density at radius 1 is 0.969 bits per heavy atom. The summed E-state index contributed by atoms with van der Waals surface area (Å²) in [5, 5.41) is 3.80. The Balaban J connectivity index is 1.36. The van der Waals surface area contributed by atoms with Crippen molar-refractivity contribution >= 4 is 15.9 Å². The van der Waals surface area contributed by atoms with Crippen molar-refractivity contribution < 1.29 is 17.7 Å². The minimum Gasteiger partial charge on any atom is -0.360 e.